The van der Waals surface area contributed by atoms with Crippen molar-refractivity contribution in [1.29, 1.82) is 0 Å². The Balaban J connectivity index is 1.92. The standard InChI is InChI=1S/C20H22N4O3/c1-27-15-8-6-14(7-9-15)12-23-18-13-22-11-10-16(18)20(21)17-4-2-3-5-19(17)24(25)26/h2-9,22H,10-13,21H2,1H3. The zero-order valence-electron chi connectivity index (χ0n) is 15.1. The molecule has 3 rings (SSSR count). The van der Waals surface area contributed by atoms with Gasteiger partial charge in [0.25, 0.3) is 5.69 Å². The number of hydrogen-bond donors (Lipinski definition) is 2. The normalized spacial score (nSPS) is 17.6. The number of rotatable bonds is 5. The number of hydrogen-bond acceptors (Lipinski definition) is 6. The van der Waals surface area contributed by atoms with Crippen LogP contribution in [0, 0.1) is 10.1 Å². The molecule has 1 heterocycles. The van der Waals surface area contributed by atoms with E-state index in [0.717, 1.165) is 29.1 Å². The third-order valence-corrected chi connectivity index (χ3v) is 4.52. The number of nitrogens with zero attached hydrogens (tertiary/aromatic N) is 2. The molecule has 1 fully saturated rings. The first-order valence-corrected chi connectivity index (χ1v) is 8.70. The zero-order valence-corrected chi connectivity index (χ0v) is 15.1. The van der Waals surface area contributed by atoms with Gasteiger partial charge in [0.2, 0.25) is 0 Å². The third-order valence-electron chi connectivity index (χ3n) is 4.52. The summed E-state index contributed by atoms with van der Waals surface area (Å²) in [4.78, 5) is 15.6. The second kappa shape index (κ2) is 8.46. The van der Waals surface area contributed by atoms with E-state index in [2.05, 4.69) is 5.32 Å². The number of methoxy groups -OCH3 is 1. The molecule has 1 aliphatic heterocycles. The lowest BCUT2D eigenvalue weighted by molar-refractivity contribution is -0.385. The van der Waals surface area contributed by atoms with E-state index < -0.39 is 4.92 Å². The highest BCUT2D eigenvalue weighted by Gasteiger charge is 2.21. The molecule has 0 unspecified atom stereocenters. The summed E-state index contributed by atoms with van der Waals surface area (Å²) < 4.78 is 5.17. The Morgan fingerprint density at radius 1 is 1.26 bits per heavy atom. The number of nitro benzene ring substituents is 1. The summed E-state index contributed by atoms with van der Waals surface area (Å²) in [5, 5.41) is 14.6. The Kier molecular flexibility index (Phi) is 5.83. The van der Waals surface area contributed by atoms with Crippen molar-refractivity contribution in [2.75, 3.05) is 20.2 Å². The molecule has 140 valence electrons. The minimum Gasteiger partial charge on any atom is -0.497 e. The van der Waals surface area contributed by atoms with Gasteiger partial charge in [-0.25, -0.2) is 0 Å². The maximum Gasteiger partial charge on any atom is 0.278 e. The second-order valence-electron chi connectivity index (χ2n) is 6.20. The number of nitrogens with one attached hydrogen (secondary N) is 1. The van der Waals surface area contributed by atoms with E-state index >= 15 is 0 Å². The summed E-state index contributed by atoms with van der Waals surface area (Å²) in [6, 6.07) is 14.3. The Morgan fingerprint density at radius 3 is 2.70 bits per heavy atom. The van der Waals surface area contributed by atoms with Crippen molar-refractivity contribution in [3.8, 4) is 5.75 Å². The third kappa shape index (κ3) is 4.32. The molecular weight excluding hydrogens is 344 g/mol. The van der Waals surface area contributed by atoms with Crippen LogP contribution in [0.2, 0.25) is 0 Å². The average Bonchev–Trinajstić information content (AvgIpc) is 2.72. The predicted octanol–water partition coefficient (Wildman–Crippen LogP) is 2.91. The minimum absolute atomic E-state index is 0.00976. The molecule has 0 atom stereocenters. The molecule has 3 N–H and O–H groups in total. The van der Waals surface area contributed by atoms with E-state index in [1.165, 1.54) is 6.07 Å². The molecule has 0 aliphatic carbocycles. The molecule has 0 aromatic heterocycles. The highest BCUT2D eigenvalue weighted by Crippen LogP contribution is 2.27. The number of para-hydroxylation sites is 1. The first-order chi connectivity index (χ1) is 13.1. The van der Waals surface area contributed by atoms with E-state index in [4.69, 9.17) is 15.5 Å². The van der Waals surface area contributed by atoms with Crippen LogP contribution in [-0.4, -0.2) is 30.8 Å². The van der Waals surface area contributed by atoms with Crippen LogP contribution in [0.3, 0.4) is 0 Å². The molecular formula is C20H22N4O3. The summed E-state index contributed by atoms with van der Waals surface area (Å²) in [5.74, 6) is 0.798. The smallest absolute Gasteiger partial charge is 0.278 e. The Bertz CT molecular complexity index is 888. The monoisotopic (exact) mass is 366 g/mol. The van der Waals surface area contributed by atoms with E-state index in [9.17, 15) is 10.1 Å². The van der Waals surface area contributed by atoms with Crippen LogP contribution in [0.1, 0.15) is 17.5 Å². The average molecular weight is 366 g/mol. The number of ether oxygens (including phenoxy) is 1. The quantitative estimate of drug-likeness (QED) is 0.626. The van der Waals surface area contributed by atoms with Crippen LogP contribution in [0.5, 0.6) is 5.75 Å². The zero-order chi connectivity index (χ0) is 19.2. The molecule has 0 spiro atoms. The summed E-state index contributed by atoms with van der Waals surface area (Å²) >= 11 is 0. The maximum absolute atomic E-state index is 11.3. The summed E-state index contributed by atoms with van der Waals surface area (Å²) in [6.07, 6.45) is 0.680. The fourth-order valence-electron chi connectivity index (χ4n) is 3.05. The SMILES string of the molecule is COc1ccc(CN=C2CNCCC2=C(N)c2ccccc2[N+](=O)[O-])cc1. The van der Waals surface area contributed by atoms with Gasteiger partial charge in [-0.1, -0.05) is 24.3 Å². The number of nitro groups is 1. The topological polar surface area (TPSA) is 103 Å². The lowest BCUT2D eigenvalue weighted by Gasteiger charge is -2.21. The molecule has 0 saturated carbocycles. The van der Waals surface area contributed by atoms with Gasteiger partial charge in [-0.2, -0.15) is 0 Å². The van der Waals surface area contributed by atoms with Crippen LogP contribution in [0.25, 0.3) is 5.70 Å². The van der Waals surface area contributed by atoms with Gasteiger partial charge in [0.15, 0.2) is 0 Å². The molecule has 7 nitrogen and oxygen atoms in total. The van der Waals surface area contributed by atoms with E-state index in [1.807, 2.05) is 24.3 Å². The van der Waals surface area contributed by atoms with E-state index in [-0.39, 0.29) is 5.69 Å². The van der Waals surface area contributed by atoms with Crippen molar-refractivity contribution in [2.24, 2.45) is 10.7 Å². The minimum atomic E-state index is -0.405. The number of benzene rings is 2. The van der Waals surface area contributed by atoms with Crippen LogP contribution in [0.4, 0.5) is 5.69 Å². The Hall–Kier alpha value is -3.19. The fraction of sp³-hybridized carbons (Fsp3) is 0.250. The summed E-state index contributed by atoms with van der Waals surface area (Å²) in [5.41, 5.74) is 10.0. The number of piperidine rings is 1. The first kappa shape index (κ1) is 18.6. The van der Waals surface area contributed by atoms with Crippen molar-refractivity contribution in [2.45, 2.75) is 13.0 Å². The fourth-order valence-corrected chi connectivity index (χ4v) is 3.05. The highest BCUT2D eigenvalue weighted by molar-refractivity contribution is 6.08. The number of nitrogens with two attached hydrogens (primary N) is 1. The molecule has 0 radical (unpaired) electrons. The maximum atomic E-state index is 11.3. The van der Waals surface area contributed by atoms with Crippen molar-refractivity contribution in [3.63, 3.8) is 0 Å². The summed E-state index contributed by atoms with van der Waals surface area (Å²) in [7, 11) is 1.63. The van der Waals surface area contributed by atoms with Gasteiger partial charge >= 0.3 is 0 Å². The molecule has 0 bridgehead atoms. The van der Waals surface area contributed by atoms with Crippen molar-refractivity contribution in [3.05, 3.63) is 75.3 Å². The lowest BCUT2D eigenvalue weighted by Crippen LogP contribution is -2.33. The van der Waals surface area contributed by atoms with Crippen molar-refractivity contribution in [1.82, 2.24) is 5.32 Å². The first-order valence-electron chi connectivity index (χ1n) is 8.70. The van der Waals surface area contributed by atoms with E-state index in [0.29, 0.717) is 30.8 Å². The van der Waals surface area contributed by atoms with Crippen LogP contribution in [-0.2, 0) is 6.54 Å². The highest BCUT2D eigenvalue weighted by atomic mass is 16.6. The molecule has 7 heteroatoms. The van der Waals surface area contributed by atoms with Gasteiger partial charge < -0.3 is 15.8 Å². The van der Waals surface area contributed by atoms with Crippen molar-refractivity contribution >= 4 is 17.1 Å². The van der Waals surface area contributed by atoms with Crippen LogP contribution >= 0.6 is 0 Å². The van der Waals surface area contributed by atoms with Gasteiger partial charge in [-0.05, 0) is 42.3 Å². The Morgan fingerprint density at radius 2 is 2.00 bits per heavy atom. The van der Waals surface area contributed by atoms with Crippen molar-refractivity contribution < 1.29 is 9.66 Å². The molecule has 2 aromatic rings. The van der Waals surface area contributed by atoms with Gasteiger partial charge in [-0.3, -0.25) is 15.1 Å². The second-order valence-corrected chi connectivity index (χ2v) is 6.20. The molecule has 1 aliphatic rings. The van der Waals surface area contributed by atoms with Gasteiger partial charge in [-0.15, -0.1) is 0 Å². The molecule has 2 aromatic carbocycles. The van der Waals surface area contributed by atoms with Gasteiger partial charge in [0, 0.05) is 12.6 Å². The van der Waals surface area contributed by atoms with Crippen LogP contribution in [0.15, 0.2) is 59.1 Å². The van der Waals surface area contributed by atoms with Gasteiger partial charge in [0.05, 0.1) is 35.6 Å². The van der Waals surface area contributed by atoms with E-state index in [1.54, 1.807) is 25.3 Å². The molecule has 0 amide bonds. The number of aliphatic imine (C=N–C) groups is 1. The molecule has 1 saturated heterocycles. The molecule has 27 heavy (non-hydrogen) atoms. The lowest BCUT2D eigenvalue weighted by atomic mass is 9.96. The summed E-state index contributed by atoms with van der Waals surface area (Å²) in [6.45, 7) is 1.86. The van der Waals surface area contributed by atoms with Crippen LogP contribution < -0.4 is 15.8 Å². The largest absolute Gasteiger partial charge is 0.497 e. The predicted molar refractivity (Wildman–Crippen MR) is 106 cm³/mol. The Labute approximate surface area is 157 Å². The van der Waals surface area contributed by atoms with Gasteiger partial charge in [0.1, 0.15) is 5.75 Å².